The molecule has 0 saturated carbocycles. The highest BCUT2D eigenvalue weighted by Crippen LogP contribution is 2.28. The summed E-state index contributed by atoms with van der Waals surface area (Å²) in [6.07, 6.45) is 1.66. The van der Waals surface area contributed by atoms with Crippen molar-refractivity contribution in [2.75, 3.05) is 7.11 Å². The number of esters is 1. The molecule has 0 aliphatic heterocycles. The molecule has 4 nitrogen and oxygen atoms in total. The van der Waals surface area contributed by atoms with E-state index in [9.17, 15) is 14.4 Å². The molecule has 0 aromatic heterocycles. The third kappa shape index (κ3) is 4.25. The van der Waals surface area contributed by atoms with Crippen LogP contribution in [0.4, 0.5) is 4.39 Å². The predicted octanol–water partition coefficient (Wildman–Crippen LogP) is 5.12. The highest BCUT2D eigenvalue weighted by Gasteiger charge is 2.13. The number of allylic oxidation sites excluding steroid dienone is 1. The van der Waals surface area contributed by atoms with Gasteiger partial charge in [-0.1, -0.05) is 36.4 Å². The van der Waals surface area contributed by atoms with Gasteiger partial charge in [0.2, 0.25) is 0 Å². The van der Waals surface area contributed by atoms with Gasteiger partial charge in [-0.2, -0.15) is 5.26 Å². The number of halogens is 1. The van der Waals surface area contributed by atoms with E-state index in [1.165, 1.54) is 25.3 Å². The molecular formula is C23H16FNO3. The van der Waals surface area contributed by atoms with Crippen LogP contribution in [0.5, 0.6) is 11.5 Å². The molecule has 3 aromatic carbocycles. The summed E-state index contributed by atoms with van der Waals surface area (Å²) >= 11 is 0. The summed E-state index contributed by atoms with van der Waals surface area (Å²) in [5.41, 5.74) is 1.56. The molecule has 3 rings (SSSR count). The Bertz CT molecular complexity index is 1080. The fourth-order valence-corrected chi connectivity index (χ4v) is 2.66. The zero-order chi connectivity index (χ0) is 19.9. The van der Waals surface area contributed by atoms with Gasteiger partial charge in [-0.25, -0.2) is 9.18 Å². The molecule has 28 heavy (non-hydrogen) atoms. The number of carbonyl (C=O) groups is 1. The first-order chi connectivity index (χ1) is 13.6. The molecule has 0 atom stereocenters. The number of methoxy groups -OCH3 is 1. The maximum absolute atomic E-state index is 13.7. The van der Waals surface area contributed by atoms with Crippen LogP contribution in [0.1, 0.15) is 21.5 Å². The lowest BCUT2D eigenvalue weighted by molar-refractivity contribution is 0.0730. The second-order valence-corrected chi connectivity index (χ2v) is 5.81. The highest BCUT2D eigenvalue weighted by molar-refractivity contribution is 5.93. The molecule has 0 saturated heterocycles. The molecular weight excluding hydrogens is 357 g/mol. The van der Waals surface area contributed by atoms with Crippen LogP contribution in [0.2, 0.25) is 0 Å². The van der Waals surface area contributed by atoms with Gasteiger partial charge >= 0.3 is 5.97 Å². The Kier molecular flexibility index (Phi) is 5.83. The smallest absolute Gasteiger partial charge is 0.346 e. The van der Waals surface area contributed by atoms with E-state index in [2.05, 4.69) is 6.07 Å². The summed E-state index contributed by atoms with van der Waals surface area (Å²) in [6, 6.07) is 21.6. The van der Waals surface area contributed by atoms with Gasteiger partial charge in [0, 0.05) is 5.56 Å². The number of nitrogens with zero attached hydrogens (tertiary/aromatic N) is 1. The zero-order valence-corrected chi connectivity index (χ0v) is 15.1. The Morgan fingerprint density at radius 1 is 1.00 bits per heavy atom. The Morgan fingerprint density at radius 2 is 1.71 bits per heavy atom. The summed E-state index contributed by atoms with van der Waals surface area (Å²) in [5.74, 6) is -0.604. The molecule has 0 aliphatic rings. The van der Waals surface area contributed by atoms with E-state index in [0.717, 1.165) is 0 Å². The van der Waals surface area contributed by atoms with Crippen molar-refractivity contribution in [2.45, 2.75) is 0 Å². The molecule has 0 heterocycles. The van der Waals surface area contributed by atoms with E-state index >= 15 is 0 Å². The Hall–Kier alpha value is -3.91. The number of ether oxygens (including phenoxy) is 2. The average Bonchev–Trinajstić information content (AvgIpc) is 2.72. The van der Waals surface area contributed by atoms with Gasteiger partial charge in [0.15, 0.2) is 0 Å². The molecule has 0 aliphatic carbocycles. The van der Waals surface area contributed by atoms with Crippen LogP contribution in [-0.4, -0.2) is 13.1 Å². The van der Waals surface area contributed by atoms with Crippen LogP contribution in [0, 0.1) is 17.1 Å². The number of benzene rings is 3. The lowest BCUT2D eigenvalue weighted by atomic mass is 10.0. The first-order valence-electron chi connectivity index (χ1n) is 8.44. The number of hydrogen-bond donors (Lipinski definition) is 0. The number of carbonyl (C=O) groups excluding carboxylic acids is 1. The van der Waals surface area contributed by atoms with E-state index in [1.807, 2.05) is 12.1 Å². The van der Waals surface area contributed by atoms with Gasteiger partial charge in [0.05, 0.1) is 24.3 Å². The first-order valence-corrected chi connectivity index (χ1v) is 8.44. The SMILES string of the molecule is COc1ccccc1/C(C#N)=C\c1cccc(OC(=O)c2ccccc2F)c1. The van der Waals surface area contributed by atoms with Crippen molar-refractivity contribution in [1.82, 2.24) is 0 Å². The second-order valence-electron chi connectivity index (χ2n) is 5.81. The van der Waals surface area contributed by atoms with Crippen LogP contribution in [-0.2, 0) is 0 Å². The van der Waals surface area contributed by atoms with Crippen molar-refractivity contribution in [3.05, 3.63) is 95.3 Å². The Labute approximate surface area is 162 Å². The maximum atomic E-state index is 13.7. The number of nitriles is 1. The zero-order valence-electron chi connectivity index (χ0n) is 15.1. The predicted molar refractivity (Wildman–Crippen MR) is 104 cm³/mol. The summed E-state index contributed by atoms with van der Waals surface area (Å²) in [5, 5.41) is 9.55. The van der Waals surface area contributed by atoms with Crippen LogP contribution in [0.15, 0.2) is 72.8 Å². The van der Waals surface area contributed by atoms with Crippen molar-refractivity contribution in [3.63, 3.8) is 0 Å². The van der Waals surface area contributed by atoms with Crippen LogP contribution < -0.4 is 9.47 Å². The summed E-state index contributed by atoms with van der Waals surface area (Å²) in [6.45, 7) is 0. The minimum Gasteiger partial charge on any atom is -0.496 e. The summed E-state index contributed by atoms with van der Waals surface area (Å²) in [7, 11) is 1.54. The van der Waals surface area contributed by atoms with Crippen LogP contribution in [0.3, 0.4) is 0 Å². The number of hydrogen-bond acceptors (Lipinski definition) is 4. The van der Waals surface area contributed by atoms with Gasteiger partial charge in [-0.05, 0) is 48.0 Å². The van der Waals surface area contributed by atoms with Crippen molar-refractivity contribution in [3.8, 4) is 17.6 Å². The molecule has 0 bridgehead atoms. The van der Waals surface area contributed by atoms with Gasteiger partial charge in [0.25, 0.3) is 0 Å². The van der Waals surface area contributed by atoms with E-state index in [-0.39, 0.29) is 11.3 Å². The van der Waals surface area contributed by atoms with Crippen LogP contribution in [0.25, 0.3) is 11.6 Å². The number of para-hydroxylation sites is 1. The molecule has 5 heteroatoms. The van der Waals surface area contributed by atoms with Crippen LogP contribution >= 0.6 is 0 Å². The molecule has 0 amide bonds. The monoisotopic (exact) mass is 373 g/mol. The largest absolute Gasteiger partial charge is 0.496 e. The van der Waals surface area contributed by atoms with Crippen molar-refractivity contribution in [2.24, 2.45) is 0 Å². The topological polar surface area (TPSA) is 59.3 Å². The molecule has 138 valence electrons. The van der Waals surface area contributed by atoms with Crippen molar-refractivity contribution < 1.29 is 18.7 Å². The van der Waals surface area contributed by atoms with Gasteiger partial charge in [-0.3, -0.25) is 0 Å². The fourth-order valence-electron chi connectivity index (χ4n) is 2.66. The van der Waals surface area contributed by atoms with E-state index in [1.54, 1.807) is 48.5 Å². The van der Waals surface area contributed by atoms with E-state index in [0.29, 0.717) is 22.4 Å². The lowest BCUT2D eigenvalue weighted by Gasteiger charge is -2.08. The third-order valence-corrected chi connectivity index (χ3v) is 3.99. The molecule has 0 spiro atoms. The summed E-state index contributed by atoms with van der Waals surface area (Å²) < 4.78 is 24.3. The van der Waals surface area contributed by atoms with Crippen molar-refractivity contribution in [1.29, 1.82) is 5.26 Å². The normalized spacial score (nSPS) is 10.8. The molecule has 0 N–H and O–H groups in total. The quantitative estimate of drug-likeness (QED) is 0.270. The standard InChI is InChI=1S/C23H16FNO3/c1-27-22-12-5-3-9-19(22)17(15-25)13-16-7-6-8-18(14-16)28-23(26)20-10-2-4-11-21(20)24/h2-14H,1H3/b17-13-. The minimum atomic E-state index is -0.788. The van der Waals surface area contributed by atoms with E-state index < -0.39 is 11.8 Å². The maximum Gasteiger partial charge on any atom is 0.346 e. The number of rotatable bonds is 5. The van der Waals surface area contributed by atoms with Gasteiger partial charge < -0.3 is 9.47 Å². The van der Waals surface area contributed by atoms with Crippen molar-refractivity contribution >= 4 is 17.6 Å². The average molecular weight is 373 g/mol. The van der Waals surface area contributed by atoms with Gasteiger partial charge in [0.1, 0.15) is 17.3 Å². The van der Waals surface area contributed by atoms with E-state index in [4.69, 9.17) is 9.47 Å². The molecule has 0 radical (unpaired) electrons. The Morgan fingerprint density at radius 3 is 2.43 bits per heavy atom. The lowest BCUT2D eigenvalue weighted by Crippen LogP contribution is -2.10. The second kappa shape index (κ2) is 8.65. The Balaban J connectivity index is 1.88. The first kappa shape index (κ1) is 18.9. The molecule has 0 unspecified atom stereocenters. The molecule has 0 fully saturated rings. The highest BCUT2D eigenvalue weighted by atomic mass is 19.1. The summed E-state index contributed by atoms with van der Waals surface area (Å²) in [4.78, 5) is 12.2. The third-order valence-electron chi connectivity index (χ3n) is 3.99. The molecule has 3 aromatic rings. The minimum absolute atomic E-state index is 0.143. The van der Waals surface area contributed by atoms with Gasteiger partial charge in [-0.15, -0.1) is 0 Å². The fraction of sp³-hybridized carbons (Fsp3) is 0.0435.